The Morgan fingerprint density at radius 3 is 2.79 bits per heavy atom. The van der Waals surface area contributed by atoms with Crippen LogP contribution in [0, 0.1) is 12.8 Å². The van der Waals surface area contributed by atoms with E-state index in [2.05, 4.69) is 27.3 Å². The topological polar surface area (TPSA) is 71.3 Å². The van der Waals surface area contributed by atoms with Crippen LogP contribution in [0.1, 0.15) is 37.3 Å². The number of aromatic nitrogens is 2. The Morgan fingerprint density at radius 1 is 1.17 bits per heavy atom. The fourth-order valence-corrected chi connectivity index (χ4v) is 3.79. The summed E-state index contributed by atoms with van der Waals surface area (Å²) in [6, 6.07) is 17.6. The van der Waals surface area contributed by atoms with Crippen molar-refractivity contribution in [2.75, 3.05) is 18.4 Å². The molecule has 0 bridgehead atoms. The molecule has 2 aromatic carbocycles. The van der Waals surface area contributed by atoms with Crippen LogP contribution in [0.4, 0.5) is 5.69 Å². The van der Waals surface area contributed by atoms with Gasteiger partial charge in [0.25, 0.3) is 0 Å². The number of nitrogens with one attached hydrogen (secondary N) is 1. The summed E-state index contributed by atoms with van der Waals surface area (Å²) in [5.41, 5.74) is 2.91. The molecule has 0 radical (unpaired) electrons. The number of carbonyl (C=O) groups excluding carboxylic acids is 1. The van der Waals surface area contributed by atoms with Crippen molar-refractivity contribution in [3.05, 3.63) is 66.1 Å². The zero-order valence-electron chi connectivity index (χ0n) is 16.8. The Kier molecular flexibility index (Phi) is 5.71. The molecule has 6 nitrogen and oxygen atoms in total. The molecule has 2 heterocycles. The molecule has 1 aliphatic rings. The first-order chi connectivity index (χ1) is 14.1. The Morgan fingerprint density at radius 2 is 2.00 bits per heavy atom. The van der Waals surface area contributed by atoms with Gasteiger partial charge in [0.1, 0.15) is 0 Å². The molecule has 0 unspecified atom stereocenters. The van der Waals surface area contributed by atoms with Gasteiger partial charge in [-0.1, -0.05) is 35.9 Å². The van der Waals surface area contributed by atoms with E-state index in [0.29, 0.717) is 18.3 Å². The first-order valence-electron chi connectivity index (χ1n) is 10.1. The average Bonchev–Trinajstić information content (AvgIpc) is 3.24. The summed E-state index contributed by atoms with van der Waals surface area (Å²) < 4.78 is 5.97. The molecule has 3 aromatic rings. The summed E-state index contributed by atoms with van der Waals surface area (Å²) >= 11 is 0. The predicted molar refractivity (Wildman–Crippen MR) is 112 cm³/mol. The number of aryl methyl sites for hydroxylation is 1. The molecular formula is C23H26N4O2. The van der Waals surface area contributed by atoms with E-state index in [1.807, 2.05) is 61.5 Å². The lowest BCUT2D eigenvalue weighted by molar-refractivity contribution is -0.121. The molecule has 1 amide bonds. The smallest absolute Gasteiger partial charge is 0.247 e. The van der Waals surface area contributed by atoms with E-state index in [4.69, 9.17) is 4.42 Å². The van der Waals surface area contributed by atoms with E-state index in [1.165, 1.54) is 0 Å². The minimum absolute atomic E-state index is 0.0339. The maximum Gasteiger partial charge on any atom is 0.247 e. The predicted octanol–water partition coefficient (Wildman–Crippen LogP) is 4.46. The minimum atomic E-state index is -0.0504. The second-order valence-electron chi connectivity index (χ2n) is 7.68. The van der Waals surface area contributed by atoms with Gasteiger partial charge in [0, 0.05) is 17.8 Å². The van der Waals surface area contributed by atoms with E-state index in [-0.39, 0.29) is 17.9 Å². The van der Waals surface area contributed by atoms with Crippen molar-refractivity contribution < 1.29 is 9.21 Å². The number of amides is 1. The molecule has 0 spiro atoms. The Balaban J connectivity index is 1.42. The Labute approximate surface area is 170 Å². The highest BCUT2D eigenvalue weighted by atomic mass is 16.4. The number of nitrogens with zero attached hydrogens (tertiary/aromatic N) is 3. The third-order valence-electron chi connectivity index (χ3n) is 5.48. The van der Waals surface area contributed by atoms with Crippen LogP contribution in [0.5, 0.6) is 0 Å². The standard InChI is InChI=1S/C23H26N4O2/c1-16-8-6-9-18(14-16)23-26-25-22(29-23)17(2)27-13-7-10-19(15-27)21(28)24-20-11-4-3-5-12-20/h3-6,8-9,11-12,14,17,19H,7,10,13,15H2,1-2H3,(H,24,28)/t17-,19-/m0/s1. The van der Waals surface area contributed by atoms with Gasteiger partial charge in [0.05, 0.1) is 12.0 Å². The van der Waals surface area contributed by atoms with Crippen LogP contribution in [0.3, 0.4) is 0 Å². The zero-order chi connectivity index (χ0) is 20.2. The number of hydrogen-bond acceptors (Lipinski definition) is 5. The summed E-state index contributed by atoms with van der Waals surface area (Å²) in [6.07, 6.45) is 1.86. The molecule has 1 fully saturated rings. The number of benzene rings is 2. The van der Waals surface area contributed by atoms with E-state index in [9.17, 15) is 4.79 Å². The molecule has 0 aliphatic carbocycles. The molecule has 150 valence electrons. The lowest BCUT2D eigenvalue weighted by Crippen LogP contribution is -2.41. The van der Waals surface area contributed by atoms with Crippen LogP contribution in [-0.4, -0.2) is 34.1 Å². The summed E-state index contributed by atoms with van der Waals surface area (Å²) in [7, 11) is 0. The van der Waals surface area contributed by atoms with Crippen molar-refractivity contribution in [1.82, 2.24) is 15.1 Å². The summed E-state index contributed by atoms with van der Waals surface area (Å²) in [6.45, 7) is 5.70. The number of carbonyl (C=O) groups is 1. The van der Waals surface area contributed by atoms with Crippen LogP contribution in [0.2, 0.25) is 0 Å². The van der Waals surface area contributed by atoms with Crippen molar-refractivity contribution in [2.24, 2.45) is 5.92 Å². The lowest BCUT2D eigenvalue weighted by atomic mass is 9.96. The second-order valence-corrected chi connectivity index (χ2v) is 7.68. The zero-order valence-corrected chi connectivity index (χ0v) is 16.8. The monoisotopic (exact) mass is 390 g/mol. The molecule has 0 saturated carbocycles. The lowest BCUT2D eigenvalue weighted by Gasteiger charge is -2.34. The number of anilines is 1. The Bertz CT molecular complexity index is 970. The van der Waals surface area contributed by atoms with Gasteiger partial charge < -0.3 is 9.73 Å². The van der Waals surface area contributed by atoms with Crippen LogP contribution in [0.15, 0.2) is 59.0 Å². The highest BCUT2D eigenvalue weighted by Gasteiger charge is 2.31. The van der Waals surface area contributed by atoms with Crippen molar-refractivity contribution in [3.8, 4) is 11.5 Å². The van der Waals surface area contributed by atoms with Crippen molar-refractivity contribution in [1.29, 1.82) is 0 Å². The Hall–Kier alpha value is -2.99. The fourth-order valence-electron chi connectivity index (χ4n) is 3.79. The van der Waals surface area contributed by atoms with E-state index >= 15 is 0 Å². The highest BCUT2D eigenvalue weighted by molar-refractivity contribution is 5.92. The van der Waals surface area contributed by atoms with E-state index in [1.54, 1.807) is 0 Å². The highest BCUT2D eigenvalue weighted by Crippen LogP contribution is 2.28. The molecule has 6 heteroatoms. The van der Waals surface area contributed by atoms with Gasteiger partial charge in [-0.25, -0.2) is 0 Å². The number of likely N-dealkylation sites (tertiary alicyclic amines) is 1. The van der Waals surface area contributed by atoms with Crippen molar-refractivity contribution in [3.63, 3.8) is 0 Å². The van der Waals surface area contributed by atoms with Crippen LogP contribution < -0.4 is 5.32 Å². The van der Waals surface area contributed by atoms with E-state index < -0.39 is 0 Å². The quantitative estimate of drug-likeness (QED) is 0.697. The third-order valence-corrected chi connectivity index (χ3v) is 5.48. The molecule has 1 saturated heterocycles. The average molecular weight is 390 g/mol. The summed E-state index contributed by atoms with van der Waals surface area (Å²) in [5, 5.41) is 11.5. The van der Waals surface area contributed by atoms with Crippen molar-refractivity contribution >= 4 is 11.6 Å². The molecular weight excluding hydrogens is 364 g/mol. The fraction of sp³-hybridized carbons (Fsp3) is 0.348. The van der Waals surface area contributed by atoms with Gasteiger partial charge in [-0.3, -0.25) is 9.69 Å². The first-order valence-corrected chi connectivity index (χ1v) is 10.1. The SMILES string of the molecule is Cc1cccc(-c2nnc([C@H](C)N3CCC[C@H](C(=O)Nc4ccccc4)C3)o2)c1. The van der Waals surface area contributed by atoms with Crippen molar-refractivity contribution in [2.45, 2.75) is 32.7 Å². The minimum Gasteiger partial charge on any atom is -0.419 e. The first kappa shape index (κ1) is 19.3. The molecule has 1 aliphatic heterocycles. The third kappa shape index (κ3) is 4.54. The van der Waals surface area contributed by atoms with Gasteiger partial charge in [-0.15, -0.1) is 10.2 Å². The number of piperidine rings is 1. The van der Waals surface area contributed by atoms with Gasteiger partial charge in [-0.2, -0.15) is 0 Å². The van der Waals surface area contributed by atoms with Crippen LogP contribution in [0.25, 0.3) is 11.5 Å². The van der Waals surface area contributed by atoms with Gasteiger partial charge in [-0.05, 0) is 57.5 Å². The summed E-state index contributed by atoms with van der Waals surface area (Å²) in [4.78, 5) is 15.0. The maximum atomic E-state index is 12.7. The number of rotatable bonds is 5. The van der Waals surface area contributed by atoms with Crippen LogP contribution in [-0.2, 0) is 4.79 Å². The normalized spacial score (nSPS) is 18.3. The second kappa shape index (κ2) is 8.57. The van der Waals surface area contributed by atoms with Gasteiger partial charge >= 0.3 is 0 Å². The van der Waals surface area contributed by atoms with Gasteiger partial charge in [0.2, 0.25) is 17.7 Å². The molecule has 1 N–H and O–H groups in total. The molecule has 4 rings (SSSR count). The van der Waals surface area contributed by atoms with Gasteiger partial charge in [0.15, 0.2) is 0 Å². The summed E-state index contributed by atoms with van der Waals surface area (Å²) in [5.74, 6) is 1.14. The molecule has 1 aromatic heterocycles. The number of hydrogen-bond donors (Lipinski definition) is 1. The number of para-hydroxylation sites is 1. The van der Waals surface area contributed by atoms with E-state index in [0.717, 1.165) is 36.2 Å². The molecule has 2 atom stereocenters. The molecule has 29 heavy (non-hydrogen) atoms. The van der Waals surface area contributed by atoms with Crippen LogP contribution >= 0.6 is 0 Å². The maximum absolute atomic E-state index is 12.7. The largest absolute Gasteiger partial charge is 0.419 e.